The molecule has 23 heavy (non-hydrogen) atoms. The Morgan fingerprint density at radius 1 is 1.30 bits per heavy atom. The van der Waals surface area contributed by atoms with Gasteiger partial charge in [-0.05, 0) is 49.4 Å². The fraction of sp³-hybridized carbons (Fsp3) is 0.176. The molecule has 1 unspecified atom stereocenters. The van der Waals surface area contributed by atoms with Crippen LogP contribution in [0, 0.1) is 5.82 Å². The van der Waals surface area contributed by atoms with Crippen LogP contribution in [0.3, 0.4) is 0 Å². The van der Waals surface area contributed by atoms with Gasteiger partial charge in [-0.2, -0.15) is 5.10 Å². The first-order valence-corrected chi connectivity index (χ1v) is 7.25. The average Bonchev–Trinajstić information content (AvgIpc) is 2.90. The fourth-order valence-electron chi connectivity index (χ4n) is 2.40. The highest BCUT2D eigenvalue weighted by Gasteiger charge is 2.11. The molecule has 3 rings (SSSR count). The molecule has 6 heteroatoms. The summed E-state index contributed by atoms with van der Waals surface area (Å²) in [4.78, 5) is 11.8. The van der Waals surface area contributed by atoms with E-state index in [0.717, 1.165) is 16.5 Å². The first-order valence-electron chi connectivity index (χ1n) is 7.25. The van der Waals surface area contributed by atoms with Crippen LogP contribution in [0.2, 0.25) is 0 Å². The van der Waals surface area contributed by atoms with Crippen molar-refractivity contribution in [2.24, 2.45) is 0 Å². The third-order valence-electron chi connectivity index (χ3n) is 3.45. The van der Waals surface area contributed by atoms with Crippen molar-refractivity contribution in [1.29, 1.82) is 0 Å². The summed E-state index contributed by atoms with van der Waals surface area (Å²) in [5, 5.41) is 20.0. The van der Waals surface area contributed by atoms with Crippen molar-refractivity contribution in [3.8, 4) is 11.3 Å². The van der Waals surface area contributed by atoms with E-state index >= 15 is 0 Å². The number of aromatic nitrogens is 2. The lowest BCUT2D eigenvalue weighted by Crippen LogP contribution is -2.17. The molecule has 2 aromatic carbocycles. The number of fused-ring (bicyclic) bond motifs is 1. The molecule has 0 aliphatic carbocycles. The molecule has 0 spiro atoms. The molecule has 0 saturated heterocycles. The summed E-state index contributed by atoms with van der Waals surface area (Å²) in [5.41, 5.74) is 2.91. The van der Waals surface area contributed by atoms with Gasteiger partial charge >= 0.3 is 0 Å². The van der Waals surface area contributed by atoms with Crippen molar-refractivity contribution in [3.05, 3.63) is 48.3 Å². The number of hydrogen-bond acceptors (Lipinski definition) is 3. The Kier molecular flexibility index (Phi) is 4.08. The summed E-state index contributed by atoms with van der Waals surface area (Å²) in [6.45, 7) is 1.56. The number of halogens is 1. The third kappa shape index (κ3) is 3.37. The first kappa shape index (κ1) is 15.2. The van der Waals surface area contributed by atoms with Crippen LogP contribution in [-0.4, -0.2) is 27.3 Å². The van der Waals surface area contributed by atoms with E-state index in [1.54, 1.807) is 31.2 Å². The zero-order valence-electron chi connectivity index (χ0n) is 12.5. The molecule has 3 aromatic rings. The summed E-state index contributed by atoms with van der Waals surface area (Å²) >= 11 is 0. The lowest BCUT2D eigenvalue weighted by Gasteiger charge is -2.07. The van der Waals surface area contributed by atoms with Gasteiger partial charge in [0.2, 0.25) is 5.91 Å². The standard InChI is InChI=1S/C17H16FN3O2/c1-10(22)8-16(23)19-13-6-7-15-14(9-13)17(21-20-15)11-2-4-12(18)5-3-11/h2-7,9-10,22H,8H2,1H3,(H,19,23)(H,20,21). The number of aromatic amines is 1. The number of hydrogen-bond donors (Lipinski definition) is 3. The minimum atomic E-state index is -0.692. The number of rotatable bonds is 4. The molecule has 0 fully saturated rings. The quantitative estimate of drug-likeness (QED) is 0.692. The van der Waals surface area contributed by atoms with Gasteiger partial charge in [-0.1, -0.05) is 0 Å². The third-order valence-corrected chi connectivity index (χ3v) is 3.45. The van der Waals surface area contributed by atoms with E-state index in [-0.39, 0.29) is 18.1 Å². The van der Waals surface area contributed by atoms with Gasteiger partial charge in [0.15, 0.2) is 0 Å². The maximum atomic E-state index is 13.1. The van der Waals surface area contributed by atoms with E-state index in [2.05, 4.69) is 15.5 Å². The lowest BCUT2D eigenvalue weighted by atomic mass is 10.1. The molecule has 1 aromatic heterocycles. The number of carbonyl (C=O) groups excluding carboxylic acids is 1. The van der Waals surface area contributed by atoms with Gasteiger partial charge in [-0.25, -0.2) is 4.39 Å². The topological polar surface area (TPSA) is 78.0 Å². The number of H-pyrrole nitrogens is 1. The van der Waals surface area contributed by atoms with Crippen molar-refractivity contribution >= 4 is 22.5 Å². The molecule has 0 aliphatic rings. The lowest BCUT2D eigenvalue weighted by molar-refractivity contribution is -0.117. The highest BCUT2D eigenvalue weighted by atomic mass is 19.1. The SMILES string of the molecule is CC(O)CC(=O)Nc1ccc2[nH]nc(-c3ccc(F)cc3)c2c1. The fourth-order valence-corrected chi connectivity index (χ4v) is 2.40. The second-order valence-corrected chi connectivity index (χ2v) is 5.44. The molecule has 5 nitrogen and oxygen atoms in total. The Bertz CT molecular complexity index is 841. The molecular weight excluding hydrogens is 297 g/mol. The zero-order chi connectivity index (χ0) is 16.4. The smallest absolute Gasteiger partial charge is 0.226 e. The number of nitrogens with one attached hydrogen (secondary N) is 2. The maximum absolute atomic E-state index is 13.1. The van der Waals surface area contributed by atoms with Crippen molar-refractivity contribution in [2.45, 2.75) is 19.4 Å². The van der Waals surface area contributed by atoms with Gasteiger partial charge in [-0.3, -0.25) is 9.89 Å². The van der Waals surface area contributed by atoms with E-state index in [0.29, 0.717) is 11.4 Å². The molecule has 0 radical (unpaired) electrons. The number of amides is 1. The van der Waals surface area contributed by atoms with Crippen LogP contribution in [0.5, 0.6) is 0 Å². The number of benzene rings is 2. The van der Waals surface area contributed by atoms with Gasteiger partial charge in [-0.15, -0.1) is 0 Å². The molecule has 0 bridgehead atoms. The number of aliphatic hydroxyl groups excluding tert-OH is 1. The molecule has 0 saturated carbocycles. The molecular formula is C17H16FN3O2. The van der Waals surface area contributed by atoms with E-state index < -0.39 is 6.10 Å². The normalized spacial score (nSPS) is 12.3. The van der Waals surface area contributed by atoms with Crippen LogP contribution in [0.25, 0.3) is 22.2 Å². The molecule has 1 amide bonds. The Balaban J connectivity index is 1.94. The van der Waals surface area contributed by atoms with Crippen molar-refractivity contribution in [2.75, 3.05) is 5.32 Å². The van der Waals surface area contributed by atoms with Crippen LogP contribution < -0.4 is 5.32 Å². The van der Waals surface area contributed by atoms with Gasteiger partial charge in [0.25, 0.3) is 0 Å². The van der Waals surface area contributed by atoms with Gasteiger partial charge in [0, 0.05) is 16.6 Å². The van der Waals surface area contributed by atoms with Crippen LogP contribution in [0.4, 0.5) is 10.1 Å². The Morgan fingerprint density at radius 2 is 2.04 bits per heavy atom. The molecule has 118 valence electrons. The van der Waals surface area contributed by atoms with Crippen LogP contribution in [-0.2, 0) is 4.79 Å². The van der Waals surface area contributed by atoms with E-state index in [9.17, 15) is 14.3 Å². The van der Waals surface area contributed by atoms with E-state index in [1.807, 2.05) is 6.07 Å². The maximum Gasteiger partial charge on any atom is 0.226 e. The molecule has 3 N–H and O–H groups in total. The number of nitrogens with zero attached hydrogens (tertiary/aromatic N) is 1. The van der Waals surface area contributed by atoms with Crippen molar-refractivity contribution in [3.63, 3.8) is 0 Å². The first-order chi connectivity index (χ1) is 11.0. The number of aliphatic hydroxyl groups is 1. The monoisotopic (exact) mass is 313 g/mol. The molecule has 1 heterocycles. The Morgan fingerprint density at radius 3 is 2.74 bits per heavy atom. The highest BCUT2D eigenvalue weighted by Crippen LogP contribution is 2.28. The molecule has 0 aliphatic heterocycles. The van der Waals surface area contributed by atoms with Crippen LogP contribution in [0.1, 0.15) is 13.3 Å². The summed E-state index contributed by atoms with van der Waals surface area (Å²) < 4.78 is 13.1. The van der Waals surface area contributed by atoms with Crippen molar-refractivity contribution in [1.82, 2.24) is 10.2 Å². The second kappa shape index (κ2) is 6.18. The number of carbonyl (C=O) groups is 1. The van der Waals surface area contributed by atoms with E-state index in [1.165, 1.54) is 12.1 Å². The summed E-state index contributed by atoms with van der Waals surface area (Å²) in [5.74, 6) is -0.564. The summed E-state index contributed by atoms with van der Waals surface area (Å²) in [7, 11) is 0. The van der Waals surface area contributed by atoms with Gasteiger partial charge in [0.05, 0.1) is 23.7 Å². The van der Waals surface area contributed by atoms with E-state index in [4.69, 9.17) is 0 Å². The van der Waals surface area contributed by atoms with Crippen molar-refractivity contribution < 1.29 is 14.3 Å². The van der Waals surface area contributed by atoms with Crippen LogP contribution in [0.15, 0.2) is 42.5 Å². The van der Waals surface area contributed by atoms with Gasteiger partial charge < -0.3 is 10.4 Å². The average molecular weight is 313 g/mol. The minimum absolute atomic E-state index is 0.0360. The van der Waals surface area contributed by atoms with Crippen LogP contribution >= 0.6 is 0 Å². The minimum Gasteiger partial charge on any atom is -0.393 e. The Hall–Kier alpha value is -2.73. The highest BCUT2D eigenvalue weighted by molar-refractivity contribution is 5.98. The Labute approximate surface area is 132 Å². The number of anilines is 1. The summed E-state index contributed by atoms with van der Waals surface area (Å²) in [6.07, 6.45) is -0.656. The van der Waals surface area contributed by atoms with Gasteiger partial charge in [0.1, 0.15) is 5.82 Å². The predicted molar refractivity (Wildman–Crippen MR) is 86.4 cm³/mol. The zero-order valence-corrected chi connectivity index (χ0v) is 12.5. The summed E-state index contributed by atoms with van der Waals surface area (Å²) in [6, 6.07) is 11.4. The second-order valence-electron chi connectivity index (χ2n) is 5.44. The largest absolute Gasteiger partial charge is 0.393 e. The predicted octanol–water partition coefficient (Wildman–Crippen LogP) is 3.08. The molecule has 1 atom stereocenters.